The van der Waals surface area contributed by atoms with Crippen LogP contribution in [0.5, 0.6) is 0 Å². The Kier molecular flexibility index (Phi) is 2.83. The van der Waals surface area contributed by atoms with Gasteiger partial charge >= 0.3 is 12.1 Å². The molecule has 2 N–H and O–H groups in total. The third kappa shape index (κ3) is 2.60. The Hall–Kier alpha value is -1.26. The fraction of sp³-hybridized carbons (Fsp3) is 0.846. The van der Waals surface area contributed by atoms with E-state index in [4.69, 9.17) is 4.74 Å². The van der Waals surface area contributed by atoms with Crippen LogP contribution in [0.15, 0.2) is 0 Å². The smallest absolute Gasteiger partial charge is 0.407 e. The summed E-state index contributed by atoms with van der Waals surface area (Å²) >= 11 is 0. The molecule has 5 heteroatoms. The van der Waals surface area contributed by atoms with E-state index in [0.717, 1.165) is 12.8 Å². The first-order valence-corrected chi connectivity index (χ1v) is 6.37. The molecule has 2 saturated carbocycles. The number of carbonyl (C=O) groups excluding carboxylic acids is 1. The Morgan fingerprint density at radius 2 is 1.83 bits per heavy atom. The molecule has 0 aliphatic heterocycles. The third-order valence-electron chi connectivity index (χ3n) is 3.81. The Morgan fingerprint density at radius 3 is 2.22 bits per heavy atom. The first-order valence-electron chi connectivity index (χ1n) is 6.37. The quantitative estimate of drug-likeness (QED) is 0.810. The van der Waals surface area contributed by atoms with Crippen LogP contribution in [0, 0.1) is 10.8 Å². The third-order valence-corrected chi connectivity index (χ3v) is 3.81. The lowest BCUT2D eigenvalue weighted by Crippen LogP contribution is -2.52. The van der Waals surface area contributed by atoms with Crippen LogP contribution in [-0.4, -0.2) is 29.3 Å². The number of nitrogens with one attached hydrogen (secondary N) is 1. The summed E-state index contributed by atoms with van der Waals surface area (Å²) < 4.78 is 5.11. The summed E-state index contributed by atoms with van der Waals surface area (Å²) in [6.07, 6.45) is 3.10. The molecule has 1 spiro atoms. The molecule has 0 bridgehead atoms. The highest BCUT2D eigenvalue weighted by molar-refractivity contribution is 5.78. The van der Waals surface area contributed by atoms with E-state index in [0.29, 0.717) is 12.8 Å². The predicted molar refractivity (Wildman–Crippen MR) is 65.2 cm³/mol. The van der Waals surface area contributed by atoms with Crippen LogP contribution in [-0.2, 0) is 9.53 Å². The van der Waals surface area contributed by atoms with Crippen LogP contribution in [0.4, 0.5) is 4.79 Å². The maximum atomic E-state index is 11.5. The molecular formula is C13H21NO4. The van der Waals surface area contributed by atoms with Crippen molar-refractivity contribution in [3.63, 3.8) is 0 Å². The molecule has 0 heterocycles. The number of carbonyl (C=O) groups is 2. The molecular weight excluding hydrogens is 234 g/mol. The predicted octanol–water partition coefficient (Wildman–Crippen LogP) is 2.16. The zero-order chi connectivity index (χ0) is 13.6. The summed E-state index contributed by atoms with van der Waals surface area (Å²) in [4.78, 5) is 22.8. The van der Waals surface area contributed by atoms with Gasteiger partial charge in [0.2, 0.25) is 0 Å². The van der Waals surface area contributed by atoms with E-state index in [1.165, 1.54) is 0 Å². The second-order valence-electron chi connectivity index (χ2n) is 6.79. The van der Waals surface area contributed by atoms with Gasteiger partial charge in [0.1, 0.15) is 5.60 Å². The van der Waals surface area contributed by atoms with E-state index < -0.39 is 23.1 Å². The van der Waals surface area contributed by atoms with Gasteiger partial charge in [0.25, 0.3) is 0 Å². The molecule has 0 saturated heterocycles. The minimum Gasteiger partial charge on any atom is -0.481 e. The minimum absolute atomic E-state index is 0.166. The number of carboxylic acids is 1. The molecule has 0 atom stereocenters. The summed E-state index contributed by atoms with van der Waals surface area (Å²) in [5, 5.41) is 11.9. The lowest BCUT2D eigenvalue weighted by atomic mass is 9.59. The molecule has 0 aromatic heterocycles. The number of amides is 1. The van der Waals surface area contributed by atoms with Gasteiger partial charge in [-0.25, -0.2) is 4.79 Å². The highest BCUT2D eigenvalue weighted by atomic mass is 16.6. The van der Waals surface area contributed by atoms with Crippen molar-refractivity contribution in [3.05, 3.63) is 0 Å². The molecule has 1 amide bonds. The van der Waals surface area contributed by atoms with Crippen LogP contribution < -0.4 is 5.32 Å². The lowest BCUT2D eigenvalue weighted by molar-refractivity contribution is -0.159. The topological polar surface area (TPSA) is 75.6 Å². The number of hydrogen-bond acceptors (Lipinski definition) is 3. The molecule has 2 aliphatic rings. The summed E-state index contributed by atoms with van der Waals surface area (Å²) in [6.45, 7) is 5.51. The van der Waals surface area contributed by atoms with Crippen molar-refractivity contribution in [2.24, 2.45) is 10.8 Å². The lowest BCUT2D eigenvalue weighted by Gasteiger charge is -2.45. The number of ether oxygens (including phenoxy) is 1. The van der Waals surface area contributed by atoms with E-state index in [1.807, 2.05) is 0 Å². The van der Waals surface area contributed by atoms with Gasteiger partial charge in [-0.3, -0.25) is 4.79 Å². The first kappa shape index (κ1) is 13.2. The maximum absolute atomic E-state index is 11.5. The summed E-state index contributed by atoms with van der Waals surface area (Å²) in [5.74, 6) is -0.809. The van der Waals surface area contributed by atoms with Gasteiger partial charge in [-0.2, -0.15) is 0 Å². The molecule has 102 valence electrons. The minimum atomic E-state index is -0.809. The van der Waals surface area contributed by atoms with E-state index in [1.54, 1.807) is 20.8 Å². The van der Waals surface area contributed by atoms with Gasteiger partial charge in [-0.15, -0.1) is 0 Å². The first-order chi connectivity index (χ1) is 8.17. The molecule has 0 aromatic carbocycles. The van der Waals surface area contributed by atoms with Crippen molar-refractivity contribution in [2.45, 2.75) is 52.1 Å². The van der Waals surface area contributed by atoms with Gasteiger partial charge in [-0.05, 0) is 51.9 Å². The van der Waals surface area contributed by atoms with Crippen molar-refractivity contribution in [3.8, 4) is 0 Å². The van der Waals surface area contributed by atoms with Crippen molar-refractivity contribution >= 4 is 12.1 Å². The van der Waals surface area contributed by atoms with Crippen molar-refractivity contribution in [2.75, 3.05) is 6.54 Å². The number of aliphatic carboxylic acids is 1. The van der Waals surface area contributed by atoms with Crippen molar-refractivity contribution in [1.82, 2.24) is 5.32 Å². The molecule has 0 unspecified atom stereocenters. The standard InChI is InChI=1S/C13H21NO4/c1-11(2,3)18-10(17)14-8-13(9(15)16)6-12(7-13)4-5-12/h4-8H2,1-3H3,(H,14,17)(H,15,16). The highest BCUT2D eigenvalue weighted by Crippen LogP contribution is 2.68. The van der Waals surface area contributed by atoms with Gasteiger partial charge in [0.05, 0.1) is 5.41 Å². The Morgan fingerprint density at radius 1 is 1.28 bits per heavy atom. The van der Waals surface area contributed by atoms with Gasteiger partial charge < -0.3 is 15.2 Å². The molecule has 18 heavy (non-hydrogen) atoms. The fourth-order valence-corrected chi connectivity index (χ4v) is 2.82. The Balaban J connectivity index is 1.84. The Labute approximate surface area is 107 Å². The van der Waals surface area contributed by atoms with Crippen LogP contribution in [0.25, 0.3) is 0 Å². The van der Waals surface area contributed by atoms with Gasteiger partial charge in [0, 0.05) is 6.54 Å². The summed E-state index contributed by atoms with van der Waals surface area (Å²) in [6, 6.07) is 0. The molecule has 0 radical (unpaired) electrons. The van der Waals surface area contributed by atoms with Crippen LogP contribution >= 0.6 is 0 Å². The SMILES string of the molecule is CC(C)(C)OC(=O)NCC1(C(=O)O)CC2(CC2)C1. The highest BCUT2D eigenvalue weighted by Gasteiger charge is 2.64. The van der Waals surface area contributed by atoms with Gasteiger partial charge in [-0.1, -0.05) is 0 Å². The Bertz CT molecular complexity index is 371. The van der Waals surface area contributed by atoms with Crippen LogP contribution in [0.1, 0.15) is 46.5 Å². The summed E-state index contributed by atoms with van der Waals surface area (Å²) in [7, 11) is 0. The normalized spacial score (nSPS) is 23.1. The second-order valence-corrected chi connectivity index (χ2v) is 6.79. The monoisotopic (exact) mass is 255 g/mol. The summed E-state index contributed by atoms with van der Waals surface area (Å²) in [5.41, 5.74) is -1.04. The maximum Gasteiger partial charge on any atom is 0.407 e. The molecule has 5 nitrogen and oxygen atoms in total. The zero-order valence-corrected chi connectivity index (χ0v) is 11.2. The van der Waals surface area contributed by atoms with Crippen LogP contribution in [0.2, 0.25) is 0 Å². The average Bonchev–Trinajstić information content (AvgIpc) is 2.88. The van der Waals surface area contributed by atoms with E-state index in [-0.39, 0.29) is 12.0 Å². The molecule has 2 rings (SSSR count). The van der Waals surface area contributed by atoms with Crippen molar-refractivity contribution in [1.29, 1.82) is 0 Å². The molecule has 2 fully saturated rings. The number of rotatable bonds is 3. The van der Waals surface area contributed by atoms with E-state index in [2.05, 4.69) is 5.32 Å². The second kappa shape index (κ2) is 3.87. The van der Waals surface area contributed by atoms with E-state index in [9.17, 15) is 14.7 Å². The number of hydrogen-bond donors (Lipinski definition) is 2. The van der Waals surface area contributed by atoms with Gasteiger partial charge in [0.15, 0.2) is 0 Å². The molecule has 2 aliphatic carbocycles. The van der Waals surface area contributed by atoms with Crippen LogP contribution in [0.3, 0.4) is 0 Å². The zero-order valence-electron chi connectivity index (χ0n) is 11.2. The molecule has 0 aromatic rings. The van der Waals surface area contributed by atoms with Crippen molar-refractivity contribution < 1.29 is 19.4 Å². The number of alkyl carbamates (subject to hydrolysis) is 1. The largest absolute Gasteiger partial charge is 0.481 e. The van der Waals surface area contributed by atoms with E-state index >= 15 is 0 Å². The average molecular weight is 255 g/mol. The fourth-order valence-electron chi connectivity index (χ4n) is 2.82. The number of carboxylic acid groups (broad SMARTS) is 1.